The Labute approximate surface area is 89.1 Å². The Bertz CT molecular complexity index is 154. The van der Waals surface area contributed by atoms with Crippen LogP contribution in [0.2, 0.25) is 0 Å². The summed E-state index contributed by atoms with van der Waals surface area (Å²) in [5.41, 5.74) is 0.427. The molecule has 0 amide bonds. The highest BCUT2D eigenvalue weighted by molar-refractivity contribution is 4.74. The number of hydrogen-bond acceptors (Lipinski definition) is 2. The molecule has 1 rings (SSSR count). The fourth-order valence-electron chi connectivity index (χ4n) is 2.39. The molecule has 1 N–H and O–H groups in total. The van der Waals surface area contributed by atoms with Gasteiger partial charge in [0.25, 0.3) is 0 Å². The summed E-state index contributed by atoms with van der Waals surface area (Å²) < 4.78 is 0. The summed E-state index contributed by atoms with van der Waals surface area (Å²) in [4.78, 5) is 2.48. The lowest BCUT2D eigenvalue weighted by molar-refractivity contribution is 0.185. The van der Waals surface area contributed by atoms with Gasteiger partial charge in [0.05, 0.1) is 0 Å². The molecule has 1 atom stereocenters. The molecule has 1 fully saturated rings. The maximum Gasteiger partial charge on any atom is 0.00271 e. The van der Waals surface area contributed by atoms with Gasteiger partial charge in [-0.3, -0.25) is 0 Å². The largest absolute Gasteiger partial charge is 0.316 e. The van der Waals surface area contributed by atoms with Gasteiger partial charge in [-0.2, -0.15) is 0 Å². The first kappa shape index (κ1) is 12.0. The van der Waals surface area contributed by atoms with E-state index < -0.39 is 0 Å². The molecule has 1 heterocycles. The summed E-state index contributed by atoms with van der Waals surface area (Å²) in [6, 6.07) is 0. The Morgan fingerprint density at radius 2 is 2.07 bits per heavy atom. The van der Waals surface area contributed by atoms with Gasteiger partial charge >= 0.3 is 0 Å². The lowest BCUT2D eigenvalue weighted by atomic mass is 9.94. The third-order valence-electron chi connectivity index (χ3n) is 2.71. The van der Waals surface area contributed by atoms with E-state index in [0.29, 0.717) is 5.41 Å². The highest BCUT2D eigenvalue weighted by atomic mass is 15.1. The van der Waals surface area contributed by atoms with Gasteiger partial charge < -0.3 is 10.2 Å². The molecule has 2 nitrogen and oxygen atoms in total. The summed E-state index contributed by atoms with van der Waals surface area (Å²) in [5.74, 6) is 0.871. The molecule has 2 heteroatoms. The predicted octanol–water partition coefficient (Wildman–Crippen LogP) is 1.96. The van der Waals surface area contributed by atoms with Crippen LogP contribution in [0.4, 0.5) is 0 Å². The van der Waals surface area contributed by atoms with Gasteiger partial charge in [-0.1, -0.05) is 20.8 Å². The Morgan fingerprint density at radius 1 is 1.36 bits per heavy atom. The summed E-state index contributed by atoms with van der Waals surface area (Å²) in [6.07, 6.45) is 2.76. The normalized spacial score (nSPS) is 24.2. The molecular weight excluding hydrogens is 172 g/mol. The first-order valence-electron chi connectivity index (χ1n) is 5.87. The highest BCUT2D eigenvalue weighted by Crippen LogP contribution is 2.17. The molecule has 0 aromatic heterocycles. The monoisotopic (exact) mass is 198 g/mol. The van der Waals surface area contributed by atoms with Gasteiger partial charge in [0.1, 0.15) is 0 Å². The van der Waals surface area contributed by atoms with Crippen molar-refractivity contribution in [1.29, 1.82) is 0 Å². The van der Waals surface area contributed by atoms with Crippen LogP contribution in [0.25, 0.3) is 0 Å². The number of nitrogens with zero attached hydrogens (tertiary/aromatic N) is 1. The van der Waals surface area contributed by atoms with Crippen molar-refractivity contribution in [3.8, 4) is 0 Å². The van der Waals surface area contributed by atoms with Crippen LogP contribution < -0.4 is 5.32 Å². The molecular formula is C12H26N2. The molecule has 0 aromatic rings. The Kier molecular flexibility index (Phi) is 4.39. The third kappa shape index (κ3) is 4.97. The Hall–Kier alpha value is -0.0800. The lowest BCUT2D eigenvalue weighted by Crippen LogP contribution is -2.39. The van der Waals surface area contributed by atoms with Crippen LogP contribution in [0, 0.1) is 11.3 Å². The topological polar surface area (TPSA) is 15.3 Å². The SMILES string of the molecule is CN(CC1CCCNC1)CC(C)(C)C. The standard InChI is InChI=1S/C12H26N2/c1-12(2,3)10-14(4)9-11-6-5-7-13-8-11/h11,13H,5-10H2,1-4H3. The Morgan fingerprint density at radius 3 is 2.57 bits per heavy atom. The smallest absolute Gasteiger partial charge is 0.00271 e. The van der Waals surface area contributed by atoms with Crippen LogP contribution in [-0.2, 0) is 0 Å². The summed E-state index contributed by atoms with van der Waals surface area (Å²) >= 11 is 0. The fraction of sp³-hybridized carbons (Fsp3) is 1.00. The molecule has 1 aliphatic heterocycles. The first-order chi connectivity index (χ1) is 6.47. The van der Waals surface area contributed by atoms with Crippen LogP contribution in [-0.4, -0.2) is 38.1 Å². The maximum atomic E-state index is 3.48. The van der Waals surface area contributed by atoms with Gasteiger partial charge in [0.2, 0.25) is 0 Å². The van der Waals surface area contributed by atoms with E-state index in [-0.39, 0.29) is 0 Å². The second kappa shape index (κ2) is 5.13. The Balaban J connectivity index is 2.21. The van der Waals surface area contributed by atoms with Gasteiger partial charge in [0.15, 0.2) is 0 Å². The number of piperidine rings is 1. The first-order valence-corrected chi connectivity index (χ1v) is 5.87. The van der Waals surface area contributed by atoms with E-state index in [1.54, 1.807) is 0 Å². The molecule has 14 heavy (non-hydrogen) atoms. The van der Waals surface area contributed by atoms with Crippen LogP contribution >= 0.6 is 0 Å². The van der Waals surface area contributed by atoms with E-state index in [2.05, 4.69) is 38.0 Å². The maximum absolute atomic E-state index is 3.48. The molecule has 0 saturated carbocycles. The average Bonchev–Trinajstić information content (AvgIpc) is 2.02. The van der Waals surface area contributed by atoms with E-state index in [1.807, 2.05) is 0 Å². The molecule has 0 aromatic carbocycles. The summed E-state index contributed by atoms with van der Waals surface area (Å²) in [7, 11) is 2.25. The van der Waals surface area contributed by atoms with Crippen molar-refractivity contribution >= 4 is 0 Å². The van der Waals surface area contributed by atoms with E-state index in [0.717, 1.165) is 5.92 Å². The third-order valence-corrected chi connectivity index (χ3v) is 2.71. The van der Waals surface area contributed by atoms with E-state index in [4.69, 9.17) is 0 Å². The zero-order valence-corrected chi connectivity index (χ0v) is 10.3. The average molecular weight is 198 g/mol. The number of hydrogen-bond donors (Lipinski definition) is 1. The molecule has 1 unspecified atom stereocenters. The van der Waals surface area contributed by atoms with Crippen molar-refractivity contribution in [2.75, 3.05) is 33.2 Å². The lowest BCUT2D eigenvalue weighted by Gasteiger charge is -2.31. The van der Waals surface area contributed by atoms with Crippen molar-refractivity contribution in [1.82, 2.24) is 10.2 Å². The second-order valence-electron chi connectivity index (χ2n) is 5.97. The minimum absolute atomic E-state index is 0.427. The molecule has 1 aliphatic rings. The van der Waals surface area contributed by atoms with E-state index in [1.165, 1.54) is 39.0 Å². The van der Waals surface area contributed by atoms with Gasteiger partial charge in [-0.05, 0) is 44.3 Å². The number of nitrogens with one attached hydrogen (secondary N) is 1. The van der Waals surface area contributed by atoms with E-state index >= 15 is 0 Å². The quantitative estimate of drug-likeness (QED) is 0.746. The van der Waals surface area contributed by atoms with Crippen LogP contribution in [0.15, 0.2) is 0 Å². The highest BCUT2D eigenvalue weighted by Gasteiger charge is 2.18. The molecule has 84 valence electrons. The van der Waals surface area contributed by atoms with Gasteiger partial charge in [-0.25, -0.2) is 0 Å². The minimum atomic E-state index is 0.427. The predicted molar refractivity (Wildman–Crippen MR) is 62.5 cm³/mol. The molecule has 0 bridgehead atoms. The van der Waals surface area contributed by atoms with Crippen molar-refractivity contribution in [2.24, 2.45) is 11.3 Å². The second-order valence-corrected chi connectivity index (χ2v) is 5.97. The van der Waals surface area contributed by atoms with E-state index in [9.17, 15) is 0 Å². The van der Waals surface area contributed by atoms with Crippen molar-refractivity contribution < 1.29 is 0 Å². The van der Waals surface area contributed by atoms with Crippen molar-refractivity contribution in [3.63, 3.8) is 0 Å². The van der Waals surface area contributed by atoms with Gasteiger partial charge in [-0.15, -0.1) is 0 Å². The van der Waals surface area contributed by atoms with Crippen LogP contribution in [0.1, 0.15) is 33.6 Å². The molecule has 0 radical (unpaired) electrons. The van der Waals surface area contributed by atoms with Crippen LogP contribution in [0.5, 0.6) is 0 Å². The van der Waals surface area contributed by atoms with Crippen molar-refractivity contribution in [2.45, 2.75) is 33.6 Å². The zero-order chi connectivity index (χ0) is 10.6. The summed E-state index contributed by atoms with van der Waals surface area (Å²) in [5, 5.41) is 3.48. The zero-order valence-electron chi connectivity index (χ0n) is 10.3. The number of rotatable bonds is 3. The molecule has 0 aliphatic carbocycles. The molecule has 1 saturated heterocycles. The minimum Gasteiger partial charge on any atom is -0.316 e. The fourth-order valence-corrected chi connectivity index (χ4v) is 2.39. The van der Waals surface area contributed by atoms with Crippen molar-refractivity contribution in [3.05, 3.63) is 0 Å². The van der Waals surface area contributed by atoms with Crippen LogP contribution in [0.3, 0.4) is 0 Å². The summed E-state index contributed by atoms with van der Waals surface area (Å²) in [6.45, 7) is 11.8. The molecule has 0 spiro atoms. The van der Waals surface area contributed by atoms with Gasteiger partial charge in [0, 0.05) is 13.1 Å².